The summed E-state index contributed by atoms with van der Waals surface area (Å²) in [5.41, 5.74) is 0.938. The molecule has 2 rings (SSSR count). The third-order valence-electron chi connectivity index (χ3n) is 3.45. The molecule has 5 nitrogen and oxygen atoms in total. The van der Waals surface area contributed by atoms with Crippen molar-refractivity contribution < 1.29 is 14.3 Å². The van der Waals surface area contributed by atoms with Gasteiger partial charge < -0.3 is 14.8 Å². The van der Waals surface area contributed by atoms with E-state index in [-0.39, 0.29) is 5.57 Å². The van der Waals surface area contributed by atoms with Crippen molar-refractivity contribution in [3.8, 4) is 17.6 Å². The highest BCUT2D eigenvalue weighted by Gasteiger charge is 2.15. The second-order valence-electron chi connectivity index (χ2n) is 5.29. The summed E-state index contributed by atoms with van der Waals surface area (Å²) in [6.07, 6.45) is 1.47. The van der Waals surface area contributed by atoms with E-state index in [0.717, 1.165) is 0 Å². The topological polar surface area (TPSA) is 71.3 Å². The van der Waals surface area contributed by atoms with E-state index < -0.39 is 5.91 Å². The fourth-order valence-corrected chi connectivity index (χ4v) is 2.92. The molecular formula is C20H18BrClN2O3. The molecule has 1 N–H and O–H groups in total. The van der Waals surface area contributed by atoms with Gasteiger partial charge in [0.15, 0.2) is 0 Å². The van der Waals surface area contributed by atoms with E-state index in [1.165, 1.54) is 6.08 Å². The molecule has 0 aliphatic carbocycles. The first-order valence-electron chi connectivity index (χ1n) is 8.26. The summed E-state index contributed by atoms with van der Waals surface area (Å²) in [4.78, 5) is 12.5. The fourth-order valence-electron chi connectivity index (χ4n) is 2.27. The molecule has 27 heavy (non-hydrogen) atoms. The average molecular weight is 450 g/mol. The van der Waals surface area contributed by atoms with Crippen LogP contribution in [0.25, 0.3) is 6.08 Å². The maximum atomic E-state index is 12.5. The third kappa shape index (κ3) is 5.49. The van der Waals surface area contributed by atoms with Gasteiger partial charge in [-0.2, -0.15) is 5.26 Å². The highest BCUT2D eigenvalue weighted by Crippen LogP contribution is 2.34. The number of benzene rings is 2. The first-order valence-corrected chi connectivity index (χ1v) is 9.44. The Kier molecular flexibility index (Phi) is 7.71. The van der Waals surface area contributed by atoms with Gasteiger partial charge >= 0.3 is 0 Å². The van der Waals surface area contributed by atoms with E-state index in [9.17, 15) is 10.1 Å². The minimum Gasteiger partial charge on any atom is -0.493 e. The van der Waals surface area contributed by atoms with Gasteiger partial charge in [-0.15, -0.1) is 0 Å². The highest BCUT2D eigenvalue weighted by molar-refractivity contribution is 9.10. The number of anilines is 1. The van der Waals surface area contributed by atoms with Crippen LogP contribution in [-0.2, 0) is 4.79 Å². The van der Waals surface area contributed by atoms with Crippen LogP contribution in [0.2, 0.25) is 5.02 Å². The number of hydrogen-bond acceptors (Lipinski definition) is 4. The molecule has 0 saturated carbocycles. The Labute approximate surface area is 171 Å². The summed E-state index contributed by atoms with van der Waals surface area (Å²) in [6.45, 7) is 4.67. The average Bonchev–Trinajstić information content (AvgIpc) is 2.65. The second-order valence-corrected chi connectivity index (χ2v) is 6.55. The number of halogens is 2. The monoisotopic (exact) mass is 448 g/mol. The van der Waals surface area contributed by atoms with E-state index in [0.29, 0.717) is 45.5 Å². The molecular weight excluding hydrogens is 432 g/mol. The first-order chi connectivity index (χ1) is 13.0. The quantitative estimate of drug-likeness (QED) is 0.451. The zero-order valence-corrected chi connectivity index (χ0v) is 17.2. The summed E-state index contributed by atoms with van der Waals surface area (Å²) in [6, 6.07) is 12.2. The van der Waals surface area contributed by atoms with Gasteiger partial charge in [-0.25, -0.2) is 0 Å². The molecule has 0 aliphatic rings. The molecule has 0 heterocycles. The lowest BCUT2D eigenvalue weighted by molar-refractivity contribution is -0.112. The van der Waals surface area contributed by atoms with Gasteiger partial charge in [-0.3, -0.25) is 4.79 Å². The van der Waals surface area contributed by atoms with Crippen molar-refractivity contribution in [3.05, 3.63) is 57.0 Å². The van der Waals surface area contributed by atoms with Gasteiger partial charge in [-0.05, 0) is 54.1 Å². The number of para-hydroxylation sites is 1. The van der Waals surface area contributed by atoms with E-state index >= 15 is 0 Å². The van der Waals surface area contributed by atoms with Gasteiger partial charge in [0.05, 0.1) is 28.4 Å². The summed E-state index contributed by atoms with van der Waals surface area (Å²) < 4.78 is 11.9. The van der Waals surface area contributed by atoms with E-state index in [4.69, 9.17) is 21.1 Å². The number of nitriles is 1. The van der Waals surface area contributed by atoms with Crippen LogP contribution in [0, 0.1) is 11.3 Å². The van der Waals surface area contributed by atoms with Crippen molar-refractivity contribution in [1.29, 1.82) is 5.26 Å². The Bertz CT molecular complexity index is 907. The Hall–Kier alpha value is -2.49. The summed E-state index contributed by atoms with van der Waals surface area (Å²) in [5.74, 6) is 0.581. The Morgan fingerprint density at radius 1 is 1.22 bits per heavy atom. The molecule has 0 spiro atoms. The summed E-state index contributed by atoms with van der Waals surface area (Å²) >= 11 is 9.49. The van der Waals surface area contributed by atoms with Crippen LogP contribution in [0.3, 0.4) is 0 Å². The number of carbonyl (C=O) groups excluding carboxylic acids is 1. The fraction of sp³-hybridized carbons (Fsp3) is 0.200. The third-order valence-corrected chi connectivity index (χ3v) is 4.40. The van der Waals surface area contributed by atoms with Crippen molar-refractivity contribution in [2.24, 2.45) is 0 Å². The van der Waals surface area contributed by atoms with Crippen molar-refractivity contribution in [2.45, 2.75) is 13.8 Å². The Morgan fingerprint density at radius 2 is 1.89 bits per heavy atom. The van der Waals surface area contributed by atoms with Crippen LogP contribution in [0.1, 0.15) is 19.4 Å². The molecule has 2 aromatic rings. The molecule has 0 fully saturated rings. The smallest absolute Gasteiger partial charge is 0.266 e. The molecule has 0 aliphatic heterocycles. The van der Waals surface area contributed by atoms with Gasteiger partial charge in [0, 0.05) is 11.6 Å². The van der Waals surface area contributed by atoms with E-state index in [1.54, 1.807) is 36.4 Å². The van der Waals surface area contributed by atoms with Crippen LogP contribution in [0.15, 0.2) is 46.4 Å². The number of ether oxygens (including phenoxy) is 2. The molecule has 140 valence electrons. The molecule has 0 unspecified atom stereocenters. The van der Waals surface area contributed by atoms with E-state index in [2.05, 4.69) is 21.2 Å². The van der Waals surface area contributed by atoms with Crippen molar-refractivity contribution >= 4 is 45.2 Å². The maximum absolute atomic E-state index is 12.5. The lowest BCUT2D eigenvalue weighted by atomic mass is 10.1. The zero-order chi connectivity index (χ0) is 19.8. The minimum atomic E-state index is -0.557. The predicted molar refractivity (Wildman–Crippen MR) is 110 cm³/mol. The first kappa shape index (κ1) is 20.8. The highest BCUT2D eigenvalue weighted by atomic mass is 79.9. The molecule has 0 aromatic heterocycles. The van der Waals surface area contributed by atoms with E-state index in [1.807, 2.05) is 19.9 Å². The normalized spacial score (nSPS) is 10.9. The van der Waals surface area contributed by atoms with Crippen LogP contribution in [0.4, 0.5) is 5.69 Å². The predicted octanol–water partition coefficient (Wildman–Crippen LogP) is 5.45. The van der Waals surface area contributed by atoms with Crippen molar-refractivity contribution in [2.75, 3.05) is 18.5 Å². The van der Waals surface area contributed by atoms with Crippen LogP contribution >= 0.6 is 27.5 Å². The van der Waals surface area contributed by atoms with Crippen LogP contribution in [0.5, 0.6) is 11.5 Å². The van der Waals surface area contributed by atoms with Gasteiger partial charge in [0.25, 0.3) is 5.91 Å². The number of amides is 1. The molecule has 7 heteroatoms. The molecule has 0 radical (unpaired) electrons. The second kappa shape index (κ2) is 10.0. The number of rotatable bonds is 7. The summed E-state index contributed by atoms with van der Waals surface area (Å²) in [7, 11) is 0. The standard InChI is InChI=1S/C20H18BrClN2O3/c1-3-26-18-11-19(27-4-2)15(21)10-13(18)9-14(12-23)20(25)24-17-8-6-5-7-16(17)22/h5-11H,3-4H2,1-2H3,(H,24,25)/b14-9+. The number of nitrogens with one attached hydrogen (secondary N) is 1. The molecule has 0 atom stereocenters. The van der Waals surface area contributed by atoms with Gasteiger partial charge in [0.2, 0.25) is 0 Å². The lowest BCUT2D eigenvalue weighted by Crippen LogP contribution is -2.13. The Morgan fingerprint density at radius 3 is 2.52 bits per heavy atom. The largest absolute Gasteiger partial charge is 0.493 e. The summed E-state index contributed by atoms with van der Waals surface area (Å²) in [5, 5.41) is 12.5. The van der Waals surface area contributed by atoms with Crippen molar-refractivity contribution in [3.63, 3.8) is 0 Å². The lowest BCUT2D eigenvalue weighted by Gasteiger charge is -2.13. The van der Waals surface area contributed by atoms with Crippen LogP contribution in [-0.4, -0.2) is 19.1 Å². The number of hydrogen-bond donors (Lipinski definition) is 1. The number of carbonyl (C=O) groups is 1. The molecule has 2 aromatic carbocycles. The van der Waals surface area contributed by atoms with Gasteiger partial charge in [0.1, 0.15) is 23.1 Å². The zero-order valence-electron chi connectivity index (χ0n) is 14.9. The SMILES string of the molecule is CCOc1cc(OCC)c(/C=C(\C#N)C(=O)Nc2ccccc2Cl)cc1Br. The minimum absolute atomic E-state index is 0.0769. The van der Waals surface area contributed by atoms with Crippen molar-refractivity contribution in [1.82, 2.24) is 0 Å². The van der Waals surface area contributed by atoms with Gasteiger partial charge in [-0.1, -0.05) is 23.7 Å². The molecule has 0 bridgehead atoms. The molecule has 0 saturated heterocycles. The Balaban J connectivity index is 2.38. The molecule has 1 amide bonds. The van der Waals surface area contributed by atoms with Crippen LogP contribution < -0.4 is 14.8 Å². The number of nitrogens with zero attached hydrogens (tertiary/aromatic N) is 1. The maximum Gasteiger partial charge on any atom is 0.266 e.